The van der Waals surface area contributed by atoms with Gasteiger partial charge in [-0.3, -0.25) is 4.90 Å². The van der Waals surface area contributed by atoms with Gasteiger partial charge in [0.2, 0.25) is 0 Å². The highest BCUT2D eigenvalue weighted by atomic mass is 32.2. The van der Waals surface area contributed by atoms with Crippen molar-refractivity contribution in [2.45, 2.75) is 11.8 Å². The summed E-state index contributed by atoms with van der Waals surface area (Å²) < 4.78 is 0. The van der Waals surface area contributed by atoms with Crippen LogP contribution in [0.15, 0.2) is 0 Å². The van der Waals surface area contributed by atoms with Gasteiger partial charge < -0.3 is 0 Å². The zero-order valence-electron chi connectivity index (χ0n) is 4.26. The third-order valence-electron chi connectivity index (χ3n) is 1.56. The number of hydrogen-bond donors (Lipinski definition) is 0. The molecule has 1 nitrogen and oxygen atoms in total. The molecule has 0 aromatic carbocycles. The molecule has 2 aliphatic heterocycles. The van der Waals surface area contributed by atoms with Crippen LogP contribution in [-0.4, -0.2) is 29.1 Å². The maximum atomic E-state index is 2.52. The van der Waals surface area contributed by atoms with Gasteiger partial charge >= 0.3 is 0 Å². The third kappa shape index (κ3) is 0.662. The first-order valence-electron chi connectivity index (χ1n) is 2.82. The van der Waals surface area contributed by atoms with Crippen molar-refractivity contribution in [2.24, 2.45) is 0 Å². The predicted octanol–water partition coefficient (Wildman–Crippen LogP) is 0.765. The van der Waals surface area contributed by atoms with Crippen molar-refractivity contribution in [3.8, 4) is 0 Å². The Morgan fingerprint density at radius 3 is 3.14 bits per heavy atom. The quantitative estimate of drug-likeness (QED) is 0.429. The summed E-state index contributed by atoms with van der Waals surface area (Å²) in [5, 5.41) is 0.953. The normalized spacial score (nSPS) is 48.0. The molecule has 2 heteroatoms. The lowest BCUT2D eigenvalue weighted by atomic mass is 10.5. The van der Waals surface area contributed by atoms with Gasteiger partial charge in [0.15, 0.2) is 0 Å². The van der Waals surface area contributed by atoms with Crippen molar-refractivity contribution in [1.82, 2.24) is 4.90 Å². The Balaban J connectivity index is 1.95. The molecular weight excluding hydrogens is 106 g/mol. The zero-order chi connectivity index (χ0) is 4.69. The number of fused-ring (bicyclic) bond motifs is 1. The lowest BCUT2D eigenvalue weighted by Crippen LogP contribution is -2.08. The largest absolute Gasteiger partial charge is 0.288 e. The van der Waals surface area contributed by atoms with Gasteiger partial charge in [0.1, 0.15) is 0 Å². The van der Waals surface area contributed by atoms with Crippen LogP contribution in [0.25, 0.3) is 0 Å². The van der Waals surface area contributed by atoms with Crippen molar-refractivity contribution < 1.29 is 0 Å². The summed E-state index contributed by atoms with van der Waals surface area (Å²) in [6.45, 7) is 2.75. The van der Waals surface area contributed by atoms with E-state index in [1.54, 1.807) is 0 Å². The molecule has 2 saturated heterocycles. The van der Waals surface area contributed by atoms with Gasteiger partial charge in [-0.25, -0.2) is 0 Å². The maximum absolute atomic E-state index is 2.52. The molecule has 0 aliphatic carbocycles. The highest BCUT2D eigenvalue weighted by Crippen LogP contribution is 2.33. The Kier molecular flexibility index (Phi) is 0.837. The molecule has 40 valence electrons. The summed E-state index contributed by atoms with van der Waals surface area (Å²) in [6, 6.07) is 0. The molecule has 0 amide bonds. The third-order valence-corrected chi connectivity index (χ3v) is 2.92. The minimum absolute atomic E-state index is 0.953. The molecule has 0 radical (unpaired) electrons. The van der Waals surface area contributed by atoms with E-state index < -0.39 is 0 Å². The van der Waals surface area contributed by atoms with Gasteiger partial charge in [-0.05, 0) is 12.2 Å². The Morgan fingerprint density at radius 2 is 2.57 bits per heavy atom. The maximum Gasteiger partial charge on any atom is 0.0687 e. The van der Waals surface area contributed by atoms with Crippen LogP contribution in [0.5, 0.6) is 0 Å². The SMILES string of the molecule is C1CS[C@@H]2CN2C1. The number of thioether (sulfide) groups is 1. The van der Waals surface area contributed by atoms with Crippen LogP contribution in [0.3, 0.4) is 0 Å². The number of rotatable bonds is 0. The highest BCUT2D eigenvalue weighted by molar-refractivity contribution is 8.00. The Hall–Kier alpha value is 0.310. The smallest absolute Gasteiger partial charge is 0.0687 e. The first-order valence-corrected chi connectivity index (χ1v) is 3.87. The van der Waals surface area contributed by atoms with Crippen molar-refractivity contribution >= 4 is 11.8 Å². The van der Waals surface area contributed by atoms with Gasteiger partial charge in [0.05, 0.1) is 5.37 Å². The first-order chi connectivity index (χ1) is 3.47. The van der Waals surface area contributed by atoms with E-state index in [9.17, 15) is 0 Å². The fraction of sp³-hybridized carbons (Fsp3) is 1.00. The predicted molar refractivity (Wildman–Crippen MR) is 32.4 cm³/mol. The van der Waals surface area contributed by atoms with Crippen LogP contribution in [0.1, 0.15) is 6.42 Å². The Labute approximate surface area is 48.1 Å². The van der Waals surface area contributed by atoms with Crippen molar-refractivity contribution in [2.75, 3.05) is 18.8 Å². The fourth-order valence-corrected chi connectivity index (χ4v) is 2.21. The molecule has 0 saturated carbocycles. The summed E-state index contributed by atoms with van der Waals surface area (Å²) in [6.07, 6.45) is 1.42. The van der Waals surface area contributed by atoms with Gasteiger partial charge in [-0.1, -0.05) is 0 Å². The molecule has 2 fully saturated rings. The molecule has 1 unspecified atom stereocenters. The second kappa shape index (κ2) is 1.39. The standard InChI is InChI=1S/C5H9NS/c1-2-6-4-5(6)7-3-1/h5H,1-4H2/t5-,6?/m1/s1. The van der Waals surface area contributed by atoms with E-state index in [-0.39, 0.29) is 0 Å². The minimum Gasteiger partial charge on any atom is -0.288 e. The summed E-state index contributed by atoms with van der Waals surface area (Å²) in [7, 11) is 0. The molecule has 2 rings (SSSR count). The molecule has 0 aromatic rings. The number of nitrogens with zero attached hydrogens (tertiary/aromatic N) is 1. The lowest BCUT2D eigenvalue weighted by molar-refractivity contribution is 0.533. The summed E-state index contributed by atoms with van der Waals surface area (Å²) in [5.41, 5.74) is 0. The Bertz CT molecular complexity index is 74.1. The highest BCUT2D eigenvalue weighted by Gasteiger charge is 2.35. The number of hydrogen-bond acceptors (Lipinski definition) is 2. The van der Waals surface area contributed by atoms with Gasteiger partial charge in [-0.15, -0.1) is 11.8 Å². The van der Waals surface area contributed by atoms with Crippen LogP contribution in [0.4, 0.5) is 0 Å². The van der Waals surface area contributed by atoms with E-state index in [4.69, 9.17) is 0 Å². The molecule has 0 spiro atoms. The van der Waals surface area contributed by atoms with Crippen LogP contribution in [-0.2, 0) is 0 Å². The fourth-order valence-electron chi connectivity index (χ4n) is 1.03. The second-order valence-electron chi connectivity index (χ2n) is 2.17. The van der Waals surface area contributed by atoms with Gasteiger partial charge in [-0.2, -0.15) is 0 Å². The second-order valence-corrected chi connectivity index (χ2v) is 3.46. The van der Waals surface area contributed by atoms with Crippen molar-refractivity contribution in [3.05, 3.63) is 0 Å². The Morgan fingerprint density at radius 1 is 1.57 bits per heavy atom. The van der Waals surface area contributed by atoms with Crippen molar-refractivity contribution in [1.29, 1.82) is 0 Å². The van der Waals surface area contributed by atoms with Gasteiger partial charge in [0.25, 0.3) is 0 Å². The molecule has 2 heterocycles. The average Bonchev–Trinajstić information content (AvgIpc) is 2.41. The monoisotopic (exact) mass is 115 g/mol. The van der Waals surface area contributed by atoms with E-state index in [0.717, 1.165) is 5.37 Å². The lowest BCUT2D eigenvalue weighted by Gasteiger charge is -2.07. The molecule has 0 bridgehead atoms. The first kappa shape index (κ1) is 4.21. The zero-order valence-corrected chi connectivity index (χ0v) is 5.08. The summed E-state index contributed by atoms with van der Waals surface area (Å²) >= 11 is 2.12. The molecule has 2 atom stereocenters. The van der Waals surface area contributed by atoms with Gasteiger partial charge in [0, 0.05) is 13.1 Å². The molecule has 2 aliphatic rings. The molecular formula is C5H9NS. The molecule has 0 N–H and O–H groups in total. The van der Waals surface area contributed by atoms with Crippen LogP contribution >= 0.6 is 11.8 Å². The molecule has 7 heavy (non-hydrogen) atoms. The minimum atomic E-state index is 0.953. The van der Waals surface area contributed by atoms with Crippen LogP contribution < -0.4 is 0 Å². The van der Waals surface area contributed by atoms with E-state index in [1.807, 2.05) is 0 Å². The van der Waals surface area contributed by atoms with E-state index in [1.165, 1.54) is 25.3 Å². The molecule has 0 aromatic heterocycles. The van der Waals surface area contributed by atoms with Crippen molar-refractivity contribution in [3.63, 3.8) is 0 Å². The summed E-state index contributed by atoms with van der Waals surface area (Å²) in [5.74, 6) is 1.40. The van der Waals surface area contributed by atoms with E-state index in [2.05, 4.69) is 16.7 Å². The average molecular weight is 115 g/mol. The summed E-state index contributed by atoms with van der Waals surface area (Å²) in [4.78, 5) is 2.52. The van der Waals surface area contributed by atoms with Crippen LogP contribution in [0, 0.1) is 0 Å². The topological polar surface area (TPSA) is 3.01 Å². The van der Waals surface area contributed by atoms with Crippen LogP contribution in [0.2, 0.25) is 0 Å². The van der Waals surface area contributed by atoms with E-state index in [0.29, 0.717) is 0 Å². The van der Waals surface area contributed by atoms with E-state index >= 15 is 0 Å².